The lowest BCUT2D eigenvalue weighted by Crippen LogP contribution is -2.25. The number of hydrogen-bond acceptors (Lipinski definition) is 2. The van der Waals surface area contributed by atoms with Crippen molar-refractivity contribution in [2.75, 3.05) is 19.0 Å². The zero-order valence-electron chi connectivity index (χ0n) is 12.5. The van der Waals surface area contributed by atoms with Crippen LogP contribution in [0.25, 0.3) is 11.1 Å². The van der Waals surface area contributed by atoms with E-state index in [1.807, 2.05) is 6.07 Å². The van der Waals surface area contributed by atoms with Gasteiger partial charge < -0.3 is 10.1 Å². The summed E-state index contributed by atoms with van der Waals surface area (Å²) in [4.78, 5) is 0. The van der Waals surface area contributed by atoms with Crippen LogP contribution < -0.4 is 5.32 Å². The molecule has 0 amide bonds. The Balaban J connectivity index is 1.92. The highest BCUT2D eigenvalue weighted by molar-refractivity contribution is 5.65. The second-order valence-corrected chi connectivity index (χ2v) is 5.58. The van der Waals surface area contributed by atoms with E-state index < -0.39 is 0 Å². The normalized spacial score (nSPS) is 11.3. The van der Waals surface area contributed by atoms with E-state index >= 15 is 0 Å². The topological polar surface area (TPSA) is 21.3 Å². The summed E-state index contributed by atoms with van der Waals surface area (Å²) < 4.78 is 5.41. The highest BCUT2D eigenvalue weighted by Crippen LogP contribution is 2.21. The van der Waals surface area contributed by atoms with E-state index in [4.69, 9.17) is 4.74 Å². The Morgan fingerprint density at radius 1 is 0.900 bits per heavy atom. The molecule has 2 rings (SSSR count). The van der Waals surface area contributed by atoms with E-state index in [9.17, 15) is 0 Å². The molecule has 0 heterocycles. The third-order valence-corrected chi connectivity index (χ3v) is 3.60. The van der Waals surface area contributed by atoms with Gasteiger partial charge in [0, 0.05) is 19.3 Å². The van der Waals surface area contributed by atoms with Gasteiger partial charge in [-0.15, -0.1) is 0 Å². The summed E-state index contributed by atoms with van der Waals surface area (Å²) in [5, 5.41) is 3.43. The van der Waals surface area contributed by atoms with Gasteiger partial charge in [-0.05, 0) is 43.5 Å². The summed E-state index contributed by atoms with van der Waals surface area (Å²) in [7, 11) is 1.76. The minimum atomic E-state index is -0.0724. The number of rotatable bonds is 6. The Labute approximate surface area is 121 Å². The van der Waals surface area contributed by atoms with Crippen LogP contribution in [0.1, 0.15) is 20.3 Å². The average molecular weight is 269 g/mol. The van der Waals surface area contributed by atoms with E-state index in [1.54, 1.807) is 7.11 Å². The Bertz CT molecular complexity index is 517. The van der Waals surface area contributed by atoms with Crippen LogP contribution in [0.4, 0.5) is 5.69 Å². The van der Waals surface area contributed by atoms with Gasteiger partial charge in [0.1, 0.15) is 0 Å². The number of nitrogens with one attached hydrogen (secondary N) is 1. The van der Waals surface area contributed by atoms with Crippen molar-refractivity contribution in [1.82, 2.24) is 0 Å². The summed E-state index contributed by atoms with van der Waals surface area (Å²) in [6.45, 7) is 5.12. The number of methoxy groups -OCH3 is 1. The molecule has 0 aliphatic rings. The largest absolute Gasteiger partial charge is 0.385 e. The molecule has 1 N–H and O–H groups in total. The third kappa shape index (κ3) is 4.10. The van der Waals surface area contributed by atoms with Crippen LogP contribution in [0.5, 0.6) is 0 Å². The second kappa shape index (κ2) is 6.58. The monoisotopic (exact) mass is 269 g/mol. The summed E-state index contributed by atoms with van der Waals surface area (Å²) in [6.07, 6.45) is 0.976. The molecule has 0 aromatic heterocycles. The molecule has 20 heavy (non-hydrogen) atoms. The van der Waals surface area contributed by atoms with Crippen molar-refractivity contribution in [2.45, 2.75) is 25.9 Å². The highest BCUT2D eigenvalue weighted by atomic mass is 16.5. The maximum Gasteiger partial charge on any atom is 0.0639 e. The van der Waals surface area contributed by atoms with Crippen LogP contribution in [-0.2, 0) is 4.74 Å². The van der Waals surface area contributed by atoms with E-state index in [2.05, 4.69) is 67.7 Å². The first-order valence-corrected chi connectivity index (χ1v) is 7.05. The van der Waals surface area contributed by atoms with Crippen molar-refractivity contribution in [3.05, 3.63) is 54.6 Å². The maximum absolute atomic E-state index is 5.41. The van der Waals surface area contributed by atoms with Crippen LogP contribution >= 0.6 is 0 Å². The molecule has 2 nitrogen and oxygen atoms in total. The van der Waals surface area contributed by atoms with Gasteiger partial charge in [0.15, 0.2) is 0 Å². The van der Waals surface area contributed by atoms with Gasteiger partial charge in [-0.2, -0.15) is 0 Å². The fraction of sp³-hybridized carbons (Fsp3) is 0.333. The lowest BCUT2D eigenvalue weighted by molar-refractivity contribution is 0.0185. The van der Waals surface area contributed by atoms with E-state index in [1.165, 1.54) is 11.1 Å². The van der Waals surface area contributed by atoms with Gasteiger partial charge in [0.25, 0.3) is 0 Å². The molecule has 2 aromatic rings. The molecule has 0 radical (unpaired) electrons. The summed E-state index contributed by atoms with van der Waals surface area (Å²) in [5.41, 5.74) is 3.57. The number of anilines is 1. The first kappa shape index (κ1) is 14.6. The van der Waals surface area contributed by atoms with Gasteiger partial charge in [0.05, 0.1) is 5.60 Å². The second-order valence-electron chi connectivity index (χ2n) is 5.58. The Morgan fingerprint density at radius 2 is 1.50 bits per heavy atom. The fourth-order valence-corrected chi connectivity index (χ4v) is 2.02. The highest BCUT2D eigenvalue weighted by Gasteiger charge is 2.15. The van der Waals surface area contributed by atoms with Gasteiger partial charge in [-0.3, -0.25) is 0 Å². The summed E-state index contributed by atoms with van der Waals surface area (Å²) >= 11 is 0. The maximum atomic E-state index is 5.41. The lowest BCUT2D eigenvalue weighted by Gasteiger charge is -2.23. The Kier molecular flexibility index (Phi) is 4.80. The van der Waals surface area contributed by atoms with Crippen molar-refractivity contribution < 1.29 is 4.74 Å². The first-order valence-electron chi connectivity index (χ1n) is 7.05. The minimum absolute atomic E-state index is 0.0724. The smallest absolute Gasteiger partial charge is 0.0639 e. The molecule has 0 fully saturated rings. The van der Waals surface area contributed by atoms with E-state index in [0.717, 1.165) is 18.7 Å². The van der Waals surface area contributed by atoms with Crippen molar-refractivity contribution in [1.29, 1.82) is 0 Å². The van der Waals surface area contributed by atoms with E-state index in [0.29, 0.717) is 0 Å². The molecule has 106 valence electrons. The average Bonchev–Trinajstić information content (AvgIpc) is 2.49. The zero-order chi connectivity index (χ0) is 14.4. The minimum Gasteiger partial charge on any atom is -0.385 e. The number of hydrogen-bond donors (Lipinski definition) is 1. The van der Waals surface area contributed by atoms with Crippen LogP contribution in [0, 0.1) is 0 Å². The van der Waals surface area contributed by atoms with Gasteiger partial charge in [-0.1, -0.05) is 42.5 Å². The molecule has 0 saturated heterocycles. The lowest BCUT2D eigenvalue weighted by atomic mass is 10.0. The van der Waals surface area contributed by atoms with Gasteiger partial charge >= 0.3 is 0 Å². The zero-order valence-corrected chi connectivity index (χ0v) is 12.5. The predicted molar refractivity (Wildman–Crippen MR) is 86.1 cm³/mol. The molecule has 0 atom stereocenters. The SMILES string of the molecule is COC(C)(C)CCNc1ccc(-c2ccccc2)cc1. The third-order valence-electron chi connectivity index (χ3n) is 3.60. The van der Waals surface area contributed by atoms with Crippen LogP contribution in [0.2, 0.25) is 0 Å². The Hall–Kier alpha value is -1.80. The molecule has 2 aromatic carbocycles. The predicted octanol–water partition coefficient (Wildman–Crippen LogP) is 4.58. The van der Waals surface area contributed by atoms with Crippen molar-refractivity contribution in [3.8, 4) is 11.1 Å². The Morgan fingerprint density at radius 3 is 2.10 bits per heavy atom. The first-order chi connectivity index (χ1) is 9.61. The molecule has 0 unspecified atom stereocenters. The van der Waals surface area contributed by atoms with Crippen LogP contribution in [0.3, 0.4) is 0 Å². The molecular formula is C18H23NO. The molecule has 0 aliphatic heterocycles. The standard InChI is InChI=1S/C18H23NO/c1-18(2,20-3)13-14-19-17-11-9-16(10-12-17)15-7-5-4-6-8-15/h4-12,19H,13-14H2,1-3H3. The molecular weight excluding hydrogens is 246 g/mol. The summed E-state index contributed by atoms with van der Waals surface area (Å²) in [6, 6.07) is 19.0. The van der Waals surface area contributed by atoms with Crippen LogP contribution in [-0.4, -0.2) is 19.3 Å². The van der Waals surface area contributed by atoms with Crippen molar-refractivity contribution in [3.63, 3.8) is 0 Å². The molecule has 0 saturated carbocycles. The fourth-order valence-electron chi connectivity index (χ4n) is 2.02. The molecule has 0 aliphatic carbocycles. The van der Waals surface area contributed by atoms with Gasteiger partial charge in [-0.25, -0.2) is 0 Å². The van der Waals surface area contributed by atoms with Crippen LogP contribution in [0.15, 0.2) is 54.6 Å². The molecule has 0 spiro atoms. The molecule has 0 bridgehead atoms. The van der Waals surface area contributed by atoms with Crippen molar-refractivity contribution >= 4 is 5.69 Å². The number of benzene rings is 2. The van der Waals surface area contributed by atoms with E-state index in [-0.39, 0.29) is 5.60 Å². The quantitative estimate of drug-likeness (QED) is 0.828. The van der Waals surface area contributed by atoms with Gasteiger partial charge in [0.2, 0.25) is 0 Å². The number of ether oxygens (including phenoxy) is 1. The van der Waals surface area contributed by atoms with Crippen molar-refractivity contribution in [2.24, 2.45) is 0 Å². The summed E-state index contributed by atoms with van der Waals surface area (Å²) in [5.74, 6) is 0. The molecule has 2 heteroatoms.